The van der Waals surface area contributed by atoms with Gasteiger partial charge in [-0.15, -0.1) is 0 Å². The molecule has 1 amide bonds. The Labute approximate surface area is 154 Å². The molecule has 148 valence electrons. The monoisotopic (exact) mass is 411 g/mol. The molecule has 0 unspecified atom stereocenters. The van der Waals surface area contributed by atoms with E-state index < -0.39 is 18.0 Å². The van der Waals surface area contributed by atoms with Crippen molar-refractivity contribution in [2.75, 3.05) is 13.2 Å². The van der Waals surface area contributed by atoms with E-state index in [1.807, 2.05) is 0 Å². The minimum absolute atomic E-state index is 0.0137. The lowest BCUT2D eigenvalue weighted by Crippen LogP contribution is -2.39. The van der Waals surface area contributed by atoms with E-state index >= 15 is 0 Å². The molecule has 12 heteroatoms. The van der Waals surface area contributed by atoms with Crippen molar-refractivity contribution < 1.29 is 37.0 Å². The normalized spacial score (nSPS) is 15.1. The topological polar surface area (TPSA) is 92.9 Å². The number of halogens is 5. The number of amides is 1. The first kappa shape index (κ1) is 20.9. The van der Waals surface area contributed by atoms with E-state index in [1.54, 1.807) is 6.20 Å². The van der Waals surface area contributed by atoms with Gasteiger partial charge in [0.05, 0.1) is 0 Å². The predicted molar refractivity (Wildman–Crippen MR) is 85.2 cm³/mol. The van der Waals surface area contributed by atoms with Crippen LogP contribution in [0.25, 0.3) is 5.52 Å². The Morgan fingerprint density at radius 1 is 1.33 bits per heavy atom. The molecule has 1 saturated heterocycles. The number of carbonyl (C=O) groups is 2. The van der Waals surface area contributed by atoms with Gasteiger partial charge in [-0.05, 0) is 25.0 Å². The Hall–Kier alpha value is -2.40. The number of fused-ring (bicyclic) bond motifs is 1. The van der Waals surface area contributed by atoms with Crippen molar-refractivity contribution in [1.82, 2.24) is 14.7 Å². The summed E-state index contributed by atoms with van der Waals surface area (Å²) in [6.45, 7) is 1.26. The van der Waals surface area contributed by atoms with Crippen LogP contribution in [0.1, 0.15) is 23.5 Å². The molecule has 0 bridgehead atoms. The predicted octanol–water partition coefficient (Wildman–Crippen LogP) is 2.67. The van der Waals surface area contributed by atoms with Crippen molar-refractivity contribution in [3.05, 3.63) is 35.1 Å². The molecule has 7 nitrogen and oxygen atoms in total. The highest BCUT2D eigenvalue weighted by Crippen LogP contribution is 2.21. The summed E-state index contributed by atoms with van der Waals surface area (Å²) in [6.07, 6.45) is -2.00. The van der Waals surface area contributed by atoms with Crippen LogP contribution in [0.5, 0.6) is 0 Å². The van der Waals surface area contributed by atoms with Gasteiger partial charge in [0.25, 0.3) is 5.91 Å². The molecule has 0 spiro atoms. The number of alkyl halides is 3. The summed E-state index contributed by atoms with van der Waals surface area (Å²) in [5.41, 5.74) is 0.117. The minimum Gasteiger partial charge on any atom is -0.475 e. The van der Waals surface area contributed by atoms with Gasteiger partial charge in [-0.1, -0.05) is 11.6 Å². The molecule has 0 aromatic carbocycles. The zero-order chi connectivity index (χ0) is 20.2. The Morgan fingerprint density at radius 2 is 1.93 bits per heavy atom. The molecule has 2 N–H and O–H groups in total. The maximum atomic E-state index is 13.7. The molecular formula is C15H14ClF4N3O4. The molecule has 0 radical (unpaired) electrons. The van der Waals surface area contributed by atoms with Crippen LogP contribution in [-0.4, -0.2) is 51.8 Å². The van der Waals surface area contributed by atoms with Crippen molar-refractivity contribution in [3.8, 4) is 0 Å². The molecule has 1 aliphatic heterocycles. The smallest absolute Gasteiger partial charge is 0.475 e. The number of carbonyl (C=O) groups excluding carboxylic acids is 1. The molecule has 0 saturated carbocycles. The Bertz CT molecular complexity index is 834. The lowest BCUT2D eigenvalue weighted by molar-refractivity contribution is -0.192. The third kappa shape index (κ3) is 5.30. The van der Waals surface area contributed by atoms with Gasteiger partial charge in [0, 0.05) is 25.5 Å². The lowest BCUT2D eigenvalue weighted by atomic mass is 10.1. The van der Waals surface area contributed by atoms with Gasteiger partial charge in [0.2, 0.25) is 5.82 Å². The second kappa shape index (κ2) is 8.53. The highest BCUT2D eigenvalue weighted by atomic mass is 35.5. The van der Waals surface area contributed by atoms with Crippen molar-refractivity contribution >= 4 is 29.0 Å². The number of pyridine rings is 1. The van der Waals surface area contributed by atoms with Crippen LogP contribution < -0.4 is 5.32 Å². The van der Waals surface area contributed by atoms with Gasteiger partial charge in [-0.3, -0.25) is 9.20 Å². The van der Waals surface area contributed by atoms with Gasteiger partial charge in [-0.2, -0.15) is 13.2 Å². The zero-order valence-electron chi connectivity index (χ0n) is 13.6. The van der Waals surface area contributed by atoms with Crippen LogP contribution in [-0.2, 0) is 9.53 Å². The summed E-state index contributed by atoms with van der Waals surface area (Å²) in [5, 5.41) is 9.99. The molecule has 0 atom stereocenters. The van der Waals surface area contributed by atoms with Gasteiger partial charge < -0.3 is 15.2 Å². The highest BCUT2D eigenvalue weighted by molar-refractivity contribution is 6.33. The van der Waals surface area contributed by atoms with E-state index in [4.69, 9.17) is 26.2 Å². The number of carboxylic acids is 1. The van der Waals surface area contributed by atoms with Crippen molar-refractivity contribution in [2.24, 2.45) is 0 Å². The molecule has 1 fully saturated rings. The quantitative estimate of drug-likeness (QED) is 0.741. The Kier molecular flexibility index (Phi) is 6.60. The summed E-state index contributed by atoms with van der Waals surface area (Å²) in [6, 6.07) is 2.84. The van der Waals surface area contributed by atoms with Crippen LogP contribution in [0.2, 0.25) is 5.15 Å². The number of ether oxygens (including phenoxy) is 1. The maximum Gasteiger partial charge on any atom is 0.490 e. The number of hydrogen-bond donors (Lipinski definition) is 2. The number of aromatic nitrogens is 2. The van der Waals surface area contributed by atoms with E-state index in [0.717, 1.165) is 12.8 Å². The summed E-state index contributed by atoms with van der Waals surface area (Å²) in [7, 11) is 0. The first-order valence-corrected chi connectivity index (χ1v) is 8.00. The number of carboxylic acid groups (broad SMARTS) is 1. The Morgan fingerprint density at radius 3 is 2.48 bits per heavy atom. The molecule has 0 aliphatic carbocycles. The molecular weight excluding hydrogens is 398 g/mol. The number of nitrogens with one attached hydrogen (secondary N) is 1. The van der Waals surface area contributed by atoms with E-state index in [0.29, 0.717) is 13.2 Å². The van der Waals surface area contributed by atoms with E-state index in [2.05, 4.69) is 10.3 Å². The van der Waals surface area contributed by atoms with Gasteiger partial charge >= 0.3 is 12.1 Å². The van der Waals surface area contributed by atoms with Crippen LogP contribution in [0.15, 0.2) is 18.3 Å². The van der Waals surface area contributed by atoms with E-state index in [1.165, 1.54) is 16.5 Å². The lowest BCUT2D eigenvalue weighted by Gasteiger charge is -2.22. The summed E-state index contributed by atoms with van der Waals surface area (Å²) in [5.74, 6) is -3.52. The average Bonchev–Trinajstić information content (AvgIpc) is 2.94. The highest BCUT2D eigenvalue weighted by Gasteiger charge is 2.38. The molecule has 1 aliphatic rings. The SMILES string of the molecule is O=C(NC1CCOCC1)c1nc(Cl)c2c(F)cccn12.O=C(O)C(F)(F)F. The summed E-state index contributed by atoms with van der Waals surface area (Å²) < 4.78 is 52.0. The molecule has 27 heavy (non-hydrogen) atoms. The van der Waals surface area contributed by atoms with Gasteiger partial charge in [0.15, 0.2) is 5.15 Å². The number of rotatable bonds is 2. The van der Waals surface area contributed by atoms with Crippen LogP contribution >= 0.6 is 11.6 Å². The van der Waals surface area contributed by atoms with Crippen LogP contribution in [0, 0.1) is 5.82 Å². The number of imidazole rings is 1. The Balaban J connectivity index is 0.000000321. The van der Waals surface area contributed by atoms with Crippen molar-refractivity contribution in [2.45, 2.75) is 25.1 Å². The standard InChI is InChI=1S/C13H13ClFN3O2.C2HF3O2/c14-11-10-9(15)2-1-5-18(10)12(17-11)13(19)16-8-3-6-20-7-4-8;3-2(4,5)1(6)7/h1-2,5,8H,3-4,6-7H2,(H,16,19);(H,6,7). The van der Waals surface area contributed by atoms with Crippen molar-refractivity contribution in [1.29, 1.82) is 0 Å². The maximum absolute atomic E-state index is 13.7. The minimum atomic E-state index is -5.08. The molecule has 3 rings (SSSR count). The molecule has 2 aromatic heterocycles. The summed E-state index contributed by atoms with van der Waals surface area (Å²) in [4.78, 5) is 25.1. The largest absolute Gasteiger partial charge is 0.490 e. The second-order valence-corrected chi connectivity index (χ2v) is 5.82. The van der Waals surface area contributed by atoms with E-state index in [-0.39, 0.29) is 28.4 Å². The second-order valence-electron chi connectivity index (χ2n) is 5.46. The first-order valence-electron chi connectivity index (χ1n) is 7.62. The fourth-order valence-corrected chi connectivity index (χ4v) is 2.57. The molecule has 3 heterocycles. The fraction of sp³-hybridized carbons (Fsp3) is 0.400. The number of aliphatic carboxylic acids is 1. The number of nitrogens with zero attached hydrogens (tertiary/aromatic N) is 2. The third-order valence-corrected chi connectivity index (χ3v) is 3.84. The van der Waals surface area contributed by atoms with E-state index in [9.17, 15) is 22.4 Å². The van der Waals surface area contributed by atoms with Gasteiger partial charge in [-0.25, -0.2) is 14.2 Å². The molecule has 2 aromatic rings. The zero-order valence-corrected chi connectivity index (χ0v) is 14.3. The fourth-order valence-electron chi connectivity index (χ4n) is 2.31. The summed E-state index contributed by atoms with van der Waals surface area (Å²) >= 11 is 5.90. The van der Waals surface area contributed by atoms with Crippen molar-refractivity contribution in [3.63, 3.8) is 0 Å². The third-order valence-electron chi connectivity index (χ3n) is 3.57. The van der Waals surface area contributed by atoms with Crippen LogP contribution in [0.4, 0.5) is 17.6 Å². The average molecular weight is 412 g/mol. The number of hydrogen-bond acceptors (Lipinski definition) is 4. The van der Waals surface area contributed by atoms with Gasteiger partial charge in [0.1, 0.15) is 11.3 Å². The first-order chi connectivity index (χ1) is 12.6. The van der Waals surface area contributed by atoms with Crippen LogP contribution in [0.3, 0.4) is 0 Å².